The highest BCUT2D eigenvalue weighted by molar-refractivity contribution is 5.89. The second kappa shape index (κ2) is 8.72. The summed E-state index contributed by atoms with van der Waals surface area (Å²) in [6.07, 6.45) is 3.20. The van der Waals surface area contributed by atoms with Gasteiger partial charge in [-0.1, -0.05) is 12.1 Å². The van der Waals surface area contributed by atoms with Crippen molar-refractivity contribution in [2.45, 2.75) is 32.2 Å². The predicted octanol–water partition coefficient (Wildman–Crippen LogP) is 1.98. The average Bonchev–Trinajstić information content (AvgIpc) is 2.74. The molecule has 152 valence electrons. The number of hydrogen-bond acceptors (Lipinski definition) is 6. The summed E-state index contributed by atoms with van der Waals surface area (Å²) in [5, 5.41) is 1.16. The highest BCUT2D eigenvalue weighted by Crippen LogP contribution is 2.30. The van der Waals surface area contributed by atoms with Crippen molar-refractivity contribution >= 4 is 16.7 Å². The van der Waals surface area contributed by atoms with Gasteiger partial charge < -0.3 is 15.5 Å². The van der Waals surface area contributed by atoms with E-state index in [4.69, 9.17) is 15.7 Å². The smallest absolute Gasteiger partial charge is 0.140 e. The number of piperazine rings is 1. The fourth-order valence-corrected chi connectivity index (χ4v) is 4.71. The minimum Gasteiger partial charge on any atom is -0.356 e. The number of hydrogen-bond donors (Lipinski definition) is 1. The molecule has 0 amide bonds. The standard InChI is InChI=1S/C22H34N6/c1-17(27-15-13-26(2)14-16-27)18-8-11-28(12-9-18)22-19-5-3-4-6-20(19)24-21(25-22)7-10-23/h3-6,17-18H,7-16,23H2,1-2H3. The van der Waals surface area contributed by atoms with Crippen LogP contribution in [0.2, 0.25) is 0 Å². The predicted molar refractivity (Wildman–Crippen MR) is 116 cm³/mol. The third kappa shape index (κ3) is 4.14. The van der Waals surface area contributed by atoms with Gasteiger partial charge in [0.05, 0.1) is 5.52 Å². The van der Waals surface area contributed by atoms with Crippen LogP contribution >= 0.6 is 0 Å². The van der Waals surface area contributed by atoms with E-state index >= 15 is 0 Å². The summed E-state index contributed by atoms with van der Waals surface area (Å²) in [6, 6.07) is 9.04. The molecule has 0 aliphatic carbocycles. The first-order valence-electron chi connectivity index (χ1n) is 10.8. The van der Waals surface area contributed by atoms with Crippen molar-refractivity contribution in [3.05, 3.63) is 30.1 Å². The van der Waals surface area contributed by atoms with Crippen LogP contribution in [0.1, 0.15) is 25.6 Å². The van der Waals surface area contributed by atoms with Gasteiger partial charge in [0.25, 0.3) is 0 Å². The van der Waals surface area contributed by atoms with E-state index in [1.165, 1.54) is 39.0 Å². The van der Waals surface area contributed by atoms with Crippen LogP contribution < -0.4 is 10.6 Å². The molecule has 0 spiro atoms. The number of aromatic nitrogens is 2. The van der Waals surface area contributed by atoms with Crippen molar-refractivity contribution in [1.29, 1.82) is 0 Å². The van der Waals surface area contributed by atoms with E-state index < -0.39 is 0 Å². The Morgan fingerprint density at radius 1 is 1.04 bits per heavy atom. The lowest BCUT2D eigenvalue weighted by Crippen LogP contribution is -2.51. The van der Waals surface area contributed by atoms with Gasteiger partial charge in [0.1, 0.15) is 11.6 Å². The SMILES string of the molecule is CC(C1CCN(c2nc(CCN)nc3ccccc23)CC1)N1CCN(C)CC1. The Bertz CT molecular complexity index is 778. The molecule has 2 N–H and O–H groups in total. The largest absolute Gasteiger partial charge is 0.356 e. The Morgan fingerprint density at radius 3 is 2.46 bits per heavy atom. The Kier molecular flexibility index (Phi) is 6.09. The summed E-state index contributed by atoms with van der Waals surface area (Å²) in [5.74, 6) is 2.74. The molecule has 0 saturated carbocycles. The minimum absolute atomic E-state index is 0.586. The summed E-state index contributed by atoms with van der Waals surface area (Å²) in [5.41, 5.74) is 6.79. The van der Waals surface area contributed by atoms with Crippen LogP contribution in [0.25, 0.3) is 10.9 Å². The zero-order chi connectivity index (χ0) is 19.5. The summed E-state index contributed by atoms with van der Waals surface area (Å²) in [7, 11) is 2.23. The van der Waals surface area contributed by atoms with Gasteiger partial charge in [0, 0.05) is 57.1 Å². The maximum atomic E-state index is 5.76. The van der Waals surface area contributed by atoms with Gasteiger partial charge in [0.2, 0.25) is 0 Å². The maximum Gasteiger partial charge on any atom is 0.140 e. The molecule has 1 aromatic carbocycles. The van der Waals surface area contributed by atoms with Crippen LogP contribution in [0.4, 0.5) is 5.82 Å². The van der Waals surface area contributed by atoms with Gasteiger partial charge in [-0.05, 0) is 51.4 Å². The van der Waals surface area contributed by atoms with Gasteiger partial charge in [-0.25, -0.2) is 9.97 Å². The average molecular weight is 383 g/mol. The quantitative estimate of drug-likeness (QED) is 0.853. The topological polar surface area (TPSA) is 61.5 Å². The highest BCUT2D eigenvalue weighted by atomic mass is 15.3. The number of piperidine rings is 1. The number of nitrogens with zero attached hydrogens (tertiary/aromatic N) is 5. The van der Waals surface area contributed by atoms with Gasteiger partial charge in [-0.3, -0.25) is 4.90 Å². The van der Waals surface area contributed by atoms with E-state index in [2.05, 4.69) is 52.9 Å². The molecule has 2 aliphatic rings. The van der Waals surface area contributed by atoms with Crippen LogP contribution in [0.3, 0.4) is 0 Å². The van der Waals surface area contributed by atoms with Crippen LogP contribution in [0.5, 0.6) is 0 Å². The molecule has 4 rings (SSSR count). The Hall–Kier alpha value is -1.76. The molecule has 2 aromatic rings. The fourth-order valence-electron chi connectivity index (χ4n) is 4.71. The molecule has 6 nitrogen and oxygen atoms in total. The third-order valence-electron chi connectivity index (χ3n) is 6.63. The lowest BCUT2D eigenvalue weighted by Gasteiger charge is -2.43. The Labute approximate surface area is 168 Å². The highest BCUT2D eigenvalue weighted by Gasteiger charge is 2.30. The van der Waals surface area contributed by atoms with Crippen molar-refractivity contribution in [3.63, 3.8) is 0 Å². The third-order valence-corrected chi connectivity index (χ3v) is 6.63. The van der Waals surface area contributed by atoms with Crippen LogP contribution in [-0.2, 0) is 6.42 Å². The monoisotopic (exact) mass is 382 g/mol. The first-order valence-corrected chi connectivity index (χ1v) is 10.8. The van der Waals surface area contributed by atoms with Crippen LogP contribution in [-0.4, -0.2) is 78.7 Å². The molecule has 2 fully saturated rings. The molecular weight excluding hydrogens is 348 g/mol. The number of para-hydroxylation sites is 1. The zero-order valence-corrected chi connectivity index (χ0v) is 17.3. The first kappa shape index (κ1) is 19.6. The van der Waals surface area contributed by atoms with E-state index in [0.717, 1.165) is 48.0 Å². The van der Waals surface area contributed by atoms with E-state index in [9.17, 15) is 0 Å². The van der Waals surface area contributed by atoms with Crippen LogP contribution in [0, 0.1) is 5.92 Å². The number of anilines is 1. The van der Waals surface area contributed by atoms with Gasteiger partial charge >= 0.3 is 0 Å². The summed E-state index contributed by atoms with van der Waals surface area (Å²) in [6.45, 7) is 9.97. The minimum atomic E-state index is 0.586. The van der Waals surface area contributed by atoms with Crippen molar-refractivity contribution < 1.29 is 0 Å². The number of rotatable bonds is 5. The van der Waals surface area contributed by atoms with Crippen molar-refractivity contribution in [1.82, 2.24) is 19.8 Å². The molecule has 1 atom stereocenters. The second-order valence-electron chi connectivity index (χ2n) is 8.42. The van der Waals surface area contributed by atoms with Crippen molar-refractivity contribution in [2.75, 3.05) is 57.8 Å². The molecule has 0 radical (unpaired) electrons. The van der Waals surface area contributed by atoms with Gasteiger partial charge in [-0.15, -0.1) is 0 Å². The number of nitrogens with two attached hydrogens (primary N) is 1. The van der Waals surface area contributed by atoms with Crippen molar-refractivity contribution in [2.24, 2.45) is 11.7 Å². The summed E-state index contributed by atoms with van der Waals surface area (Å²) >= 11 is 0. The number of benzene rings is 1. The molecule has 1 unspecified atom stereocenters. The summed E-state index contributed by atoms with van der Waals surface area (Å²) < 4.78 is 0. The molecule has 1 aromatic heterocycles. The lowest BCUT2D eigenvalue weighted by molar-refractivity contribution is 0.0813. The Balaban J connectivity index is 1.46. The first-order chi connectivity index (χ1) is 13.7. The molecule has 6 heteroatoms. The summed E-state index contributed by atoms with van der Waals surface area (Å²) in [4.78, 5) is 17.2. The second-order valence-corrected chi connectivity index (χ2v) is 8.42. The van der Waals surface area contributed by atoms with E-state index in [-0.39, 0.29) is 0 Å². The molecule has 2 aliphatic heterocycles. The molecule has 28 heavy (non-hydrogen) atoms. The van der Waals surface area contributed by atoms with Crippen LogP contribution in [0.15, 0.2) is 24.3 Å². The van der Waals surface area contributed by atoms with Gasteiger partial charge in [0.15, 0.2) is 0 Å². The Morgan fingerprint density at radius 2 is 1.75 bits per heavy atom. The van der Waals surface area contributed by atoms with E-state index in [1.807, 2.05) is 0 Å². The molecule has 2 saturated heterocycles. The molecular formula is C22H34N6. The van der Waals surface area contributed by atoms with Crippen molar-refractivity contribution in [3.8, 4) is 0 Å². The van der Waals surface area contributed by atoms with E-state index in [0.29, 0.717) is 12.6 Å². The fraction of sp³-hybridized carbons (Fsp3) is 0.636. The lowest BCUT2D eigenvalue weighted by atomic mass is 9.89. The molecule has 3 heterocycles. The number of likely N-dealkylation sites (N-methyl/N-ethyl adjacent to an activating group) is 1. The maximum absolute atomic E-state index is 5.76. The van der Waals surface area contributed by atoms with Gasteiger partial charge in [-0.2, -0.15) is 0 Å². The van der Waals surface area contributed by atoms with E-state index in [1.54, 1.807) is 0 Å². The zero-order valence-electron chi connectivity index (χ0n) is 17.3. The number of fused-ring (bicyclic) bond motifs is 1. The molecule has 0 bridgehead atoms. The normalized spacial score (nSPS) is 21.3.